The molecule has 1 N–H and O–H groups in total. The zero-order chi connectivity index (χ0) is 18.1. The molecule has 0 atom stereocenters. The number of hydrogen-bond donors (Lipinski definition) is 1. The molecule has 130 valence electrons. The van der Waals surface area contributed by atoms with Gasteiger partial charge in [-0.05, 0) is 19.9 Å². The number of fused-ring (bicyclic) bond motifs is 1. The number of furan rings is 1. The minimum absolute atomic E-state index is 0.303. The van der Waals surface area contributed by atoms with E-state index < -0.39 is 0 Å². The third kappa shape index (κ3) is 2.93. The van der Waals surface area contributed by atoms with Crippen LogP contribution in [-0.2, 0) is 0 Å². The Balaban J connectivity index is 1.64. The summed E-state index contributed by atoms with van der Waals surface area (Å²) in [4.78, 5) is 17.8. The van der Waals surface area contributed by atoms with Crippen molar-refractivity contribution in [2.24, 2.45) is 5.10 Å². The maximum absolute atomic E-state index is 12.3. The second-order valence-corrected chi connectivity index (χ2v) is 6.67. The Hall–Kier alpha value is -3.19. The average Bonchev–Trinajstić information content (AvgIpc) is 3.31. The number of hydrogen-bond acceptors (Lipinski definition) is 5. The van der Waals surface area contributed by atoms with Gasteiger partial charge >= 0.3 is 0 Å². The van der Waals surface area contributed by atoms with Crippen LogP contribution in [0.1, 0.15) is 27.6 Å². The van der Waals surface area contributed by atoms with Gasteiger partial charge in [-0.15, -0.1) is 11.3 Å². The van der Waals surface area contributed by atoms with E-state index in [0.29, 0.717) is 17.1 Å². The lowest BCUT2D eigenvalue weighted by atomic mass is 10.1. The van der Waals surface area contributed by atoms with Crippen LogP contribution in [0.15, 0.2) is 57.5 Å². The largest absolute Gasteiger partial charge is 0.466 e. The van der Waals surface area contributed by atoms with Gasteiger partial charge < -0.3 is 4.42 Å². The number of carbonyl (C=O) groups excluding carboxylic acids is 1. The molecule has 0 bridgehead atoms. The van der Waals surface area contributed by atoms with Crippen molar-refractivity contribution < 1.29 is 9.21 Å². The molecule has 1 aromatic carbocycles. The molecular formula is C19H16N4O2S. The molecule has 3 heterocycles. The molecule has 0 unspecified atom stereocenters. The maximum atomic E-state index is 12.3. The van der Waals surface area contributed by atoms with Crippen molar-refractivity contribution in [3.05, 3.63) is 70.8 Å². The average molecular weight is 364 g/mol. The van der Waals surface area contributed by atoms with Gasteiger partial charge in [0.15, 0.2) is 4.96 Å². The smallest absolute Gasteiger partial charge is 0.274 e. The summed E-state index contributed by atoms with van der Waals surface area (Å²) in [5, 5.41) is 6.10. The fourth-order valence-corrected chi connectivity index (χ4v) is 3.52. The monoisotopic (exact) mass is 364 g/mol. The predicted octanol–water partition coefficient (Wildman–Crippen LogP) is 4.04. The fourth-order valence-electron chi connectivity index (χ4n) is 2.80. The van der Waals surface area contributed by atoms with Crippen LogP contribution in [0.4, 0.5) is 0 Å². The van der Waals surface area contributed by atoms with Crippen molar-refractivity contribution in [2.45, 2.75) is 13.8 Å². The number of nitrogens with one attached hydrogen (secondary N) is 1. The molecule has 6 nitrogen and oxygen atoms in total. The first-order chi connectivity index (χ1) is 12.6. The minimum atomic E-state index is -0.303. The second-order valence-electron chi connectivity index (χ2n) is 5.79. The van der Waals surface area contributed by atoms with Gasteiger partial charge in [0.2, 0.25) is 0 Å². The molecule has 0 saturated carbocycles. The molecule has 0 aliphatic carbocycles. The van der Waals surface area contributed by atoms with Crippen LogP contribution >= 0.6 is 11.3 Å². The van der Waals surface area contributed by atoms with Gasteiger partial charge in [0.1, 0.15) is 11.5 Å². The molecule has 0 fully saturated rings. The Morgan fingerprint density at radius 1 is 1.31 bits per heavy atom. The van der Waals surface area contributed by atoms with Gasteiger partial charge in [0.05, 0.1) is 23.2 Å². The van der Waals surface area contributed by atoms with Crippen LogP contribution in [0.25, 0.3) is 16.2 Å². The summed E-state index contributed by atoms with van der Waals surface area (Å²) in [5.74, 6) is 0.964. The number of benzene rings is 1. The van der Waals surface area contributed by atoms with Crippen molar-refractivity contribution >= 4 is 28.4 Å². The summed E-state index contributed by atoms with van der Waals surface area (Å²) >= 11 is 1.55. The molecule has 0 aliphatic rings. The van der Waals surface area contributed by atoms with Gasteiger partial charge in [-0.1, -0.05) is 30.3 Å². The zero-order valence-electron chi connectivity index (χ0n) is 14.3. The zero-order valence-corrected chi connectivity index (χ0v) is 15.1. The lowest BCUT2D eigenvalue weighted by molar-refractivity contribution is 0.0953. The Kier molecular flexibility index (Phi) is 4.14. The van der Waals surface area contributed by atoms with Gasteiger partial charge in [0, 0.05) is 17.1 Å². The van der Waals surface area contributed by atoms with E-state index in [9.17, 15) is 4.79 Å². The van der Waals surface area contributed by atoms with Crippen molar-refractivity contribution in [2.75, 3.05) is 0 Å². The summed E-state index contributed by atoms with van der Waals surface area (Å²) < 4.78 is 7.34. The molecule has 1 amide bonds. The van der Waals surface area contributed by atoms with Crippen LogP contribution in [-0.4, -0.2) is 21.5 Å². The number of thiazole rings is 1. The molecular weight excluding hydrogens is 348 g/mol. The van der Waals surface area contributed by atoms with Gasteiger partial charge in [-0.25, -0.2) is 10.4 Å². The van der Waals surface area contributed by atoms with Crippen molar-refractivity contribution in [1.82, 2.24) is 14.8 Å². The van der Waals surface area contributed by atoms with Crippen LogP contribution in [0.5, 0.6) is 0 Å². The Bertz CT molecular complexity index is 1110. The molecule has 0 aliphatic heterocycles. The van der Waals surface area contributed by atoms with Crippen molar-refractivity contribution in [3.8, 4) is 11.3 Å². The molecule has 4 aromatic rings. The van der Waals surface area contributed by atoms with Crippen molar-refractivity contribution in [3.63, 3.8) is 0 Å². The van der Waals surface area contributed by atoms with Crippen molar-refractivity contribution in [1.29, 1.82) is 0 Å². The second kappa shape index (κ2) is 6.61. The van der Waals surface area contributed by atoms with Gasteiger partial charge in [-0.3, -0.25) is 9.20 Å². The highest BCUT2D eigenvalue weighted by atomic mass is 32.1. The van der Waals surface area contributed by atoms with E-state index in [-0.39, 0.29) is 5.91 Å². The highest BCUT2D eigenvalue weighted by molar-refractivity contribution is 7.15. The number of aryl methyl sites for hydroxylation is 2. The third-order valence-corrected chi connectivity index (χ3v) is 4.74. The molecule has 3 aromatic heterocycles. The number of rotatable bonds is 4. The van der Waals surface area contributed by atoms with E-state index in [1.807, 2.05) is 46.3 Å². The van der Waals surface area contributed by atoms with E-state index >= 15 is 0 Å². The summed E-state index contributed by atoms with van der Waals surface area (Å²) in [7, 11) is 0. The van der Waals surface area contributed by atoms with Crippen LogP contribution in [0.2, 0.25) is 0 Å². The SMILES string of the molecule is Cc1cc(C(=O)NN=Cc2c(-c3ccccc3)nc3sccn23)c(C)o1. The van der Waals surface area contributed by atoms with E-state index in [1.54, 1.807) is 37.5 Å². The number of aromatic nitrogens is 2. The Morgan fingerprint density at radius 3 is 2.85 bits per heavy atom. The van der Waals surface area contributed by atoms with Crippen LogP contribution in [0.3, 0.4) is 0 Å². The summed E-state index contributed by atoms with van der Waals surface area (Å²) in [6.45, 7) is 3.56. The number of nitrogens with zero attached hydrogens (tertiary/aromatic N) is 3. The fraction of sp³-hybridized carbons (Fsp3) is 0.105. The third-order valence-electron chi connectivity index (χ3n) is 3.98. The van der Waals surface area contributed by atoms with E-state index in [1.165, 1.54) is 0 Å². The highest BCUT2D eigenvalue weighted by Gasteiger charge is 2.15. The Morgan fingerprint density at radius 2 is 2.12 bits per heavy atom. The first-order valence-corrected chi connectivity index (χ1v) is 8.93. The Labute approximate surface area is 153 Å². The minimum Gasteiger partial charge on any atom is -0.466 e. The molecule has 0 radical (unpaired) electrons. The number of carbonyl (C=O) groups is 1. The molecule has 26 heavy (non-hydrogen) atoms. The van der Waals surface area contributed by atoms with E-state index in [2.05, 4.69) is 15.5 Å². The lowest BCUT2D eigenvalue weighted by Crippen LogP contribution is -2.18. The topological polar surface area (TPSA) is 71.9 Å². The number of amides is 1. The van der Waals surface area contributed by atoms with E-state index in [0.717, 1.165) is 21.9 Å². The quantitative estimate of drug-likeness (QED) is 0.439. The summed E-state index contributed by atoms with van der Waals surface area (Å²) in [5.41, 5.74) is 5.68. The first kappa shape index (κ1) is 16.3. The summed E-state index contributed by atoms with van der Waals surface area (Å²) in [6, 6.07) is 11.6. The van der Waals surface area contributed by atoms with Crippen LogP contribution in [0, 0.1) is 13.8 Å². The molecule has 4 rings (SSSR count). The van der Waals surface area contributed by atoms with E-state index in [4.69, 9.17) is 4.42 Å². The molecule has 7 heteroatoms. The van der Waals surface area contributed by atoms with Gasteiger partial charge in [0.25, 0.3) is 5.91 Å². The lowest BCUT2D eigenvalue weighted by Gasteiger charge is -2.00. The van der Waals surface area contributed by atoms with Crippen LogP contribution < -0.4 is 5.43 Å². The summed E-state index contributed by atoms with van der Waals surface area (Å²) in [6.07, 6.45) is 3.56. The number of imidazole rings is 1. The number of hydrazone groups is 1. The molecule has 0 saturated heterocycles. The predicted molar refractivity (Wildman–Crippen MR) is 102 cm³/mol. The maximum Gasteiger partial charge on any atom is 0.274 e. The first-order valence-electron chi connectivity index (χ1n) is 8.05. The highest BCUT2D eigenvalue weighted by Crippen LogP contribution is 2.25. The standard InChI is InChI=1S/C19H16N4O2S/c1-12-10-15(13(2)25-12)18(24)22-20-11-16-17(14-6-4-3-5-7-14)21-19-23(16)8-9-26-19/h3-11H,1-2H3,(H,22,24). The molecule has 0 spiro atoms. The normalized spacial score (nSPS) is 11.5. The van der Waals surface area contributed by atoms with Gasteiger partial charge in [-0.2, -0.15) is 5.10 Å².